The summed E-state index contributed by atoms with van der Waals surface area (Å²) >= 11 is 0. The van der Waals surface area contributed by atoms with Gasteiger partial charge >= 0.3 is 6.03 Å². The van der Waals surface area contributed by atoms with Crippen molar-refractivity contribution >= 4 is 27.6 Å². The van der Waals surface area contributed by atoms with Gasteiger partial charge in [-0.3, -0.25) is 0 Å². The van der Waals surface area contributed by atoms with Gasteiger partial charge in [-0.2, -0.15) is 0 Å². The summed E-state index contributed by atoms with van der Waals surface area (Å²) in [7, 11) is 3.24. The van der Waals surface area contributed by atoms with Gasteiger partial charge in [0, 0.05) is 6.54 Å². The van der Waals surface area contributed by atoms with Gasteiger partial charge in [0.15, 0.2) is 0 Å². The van der Waals surface area contributed by atoms with Gasteiger partial charge < -0.3 is 10.6 Å². The van der Waals surface area contributed by atoms with Crippen LogP contribution in [0.1, 0.15) is 6.92 Å². The number of rotatable bonds is 4. The first-order valence-corrected chi connectivity index (χ1v) is 5.71. The maximum atomic E-state index is 10.7. The van der Waals surface area contributed by atoms with Gasteiger partial charge in [-0.1, -0.05) is 21.6 Å². The van der Waals surface area contributed by atoms with Crippen LogP contribution in [0.4, 0.5) is 4.79 Å². The maximum Gasteiger partial charge on any atom is 0.315 e. The first-order valence-electron chi connectivity index (χ1n) is 2.98. The molecule has 0 aliphatic rings. The van der Waals surface area contributed by atoms with E-state index in [2.05, 4.69) is 10.6 Å². The van der Waals surface area contributed by atoms with Crippen molar-refractivity contribution in [3.63, 3.8) is 0 Å². The molecule has 3 nitrogen and oxygen atoms in total. The molecule has 10 heavy (non-hydrogen) atoms. The van der Waals surface area contributed by atoms with Gasteiger partial charge in [-0.05, 0) is 13.2 Å². The molecule has 2 amide bonds. The number of hydrogen-bond acceptors (Lipinski definition) is 3. The number of hydrogen-bond donors (Lipinski definition) is 2. The molecule has 2 N–H and O–H groups in total. The summed E-state index contributed by atoms with van der Waals surface area (Å²) in [4.78, 5) is 10.7. The van der Waals surface area contributed by atoms with Crippen LogP contribution in [0.3, 0.4) is 0 Å². The van der Waals surface area contributed by atoms with Gasteiger partial charge in [-0.15, -0.1) is 0 Å². The van der Waals surface area contributed by atoms with Crippen LogP contribution in [0.2, 0.25) is 0 Å². The third kappa shape index (κ3) is 6.10. The molecule has 0 aliphatic carbocycles. The standard InChI is InChI=1S/C5H12N2OS2/c1-3-6-5(8)7-4-10-9-2/h3-4H2,1-2H3,(H2,6,7,8). The molecule has 0 aliphatic heterocycles. The Kier molecular flexibility index (Phi) is 7.06. The van der Waals surface area contributed by atoms with E-state index >= 15 is 0 Å². The van der Waals surface area contributed by atoms with Crippen LogP contribution >= 0.6 is 21.6 Å². The average molecular weight is 180 g/mol. The molecule has 0 saturated heterocycles. The van der Waals surface area contributed by atoms with E-state index in [-0.39, 0.29) is 6.03 Å². The second kappa shape index (κ2) is 7.08. The van der Waals surface area contributed by atoms with E-state index in [1.54, 1.807) is 21.6 Å². The van der Waals surface area contributed by atoms with E-state index < -0.39 is 0 Å². The lowest BCUT2D eigenvalue weighted by molar-refractivity contribution is 0.243. The molecule has 0 aromatic carbocycles. The Morgan fingerprint density at radius 2 is 2.20 bits per heavy atom. The number of carbonyl (C=O) groups excluding carboxylic acids is 1. The first kappa shape index (κ1) is 9.97. The minimum atomic E-state index is -0.0935. The Labute approximate surface area is 69.1 Å². The zero-order valence-electron chi connectivity index (χ0n) is 6.14. The van der Waals surface area contributed by atoms with E-state index in [1.165, 1.54) is 0 Å². The van der Waals surface area contributed by atoms with Crippen LogP contribution in [0.25, 0.3) is 0 Å². The fourth-order valence-corrected chi connectivity index (χ4v) is 1.22. The number of amides is 2. The highest BCUT2D eigenvalue weighted by molar-refractivity contribution is 8.76. The van der Waals surface area contributed by atoms with Crippen LogP contribution in [0.15, 0.2) is 0 Å². The van der Waals surface area contributed by atoms with Crippen molar-refractivity contribution < 1.29 is 4.79 Å². The Bertz CT molecular complexity index is 99.6. The van der Waals surface area contributed by atoms with Gasteiger partial charge in [0.1, 0.15) is 0 Å². The molecule has 0 bridgehead atoms. The highest BCUT2D eigenvalue weighted by Gasteiger charge is 1.93. The molecule has 0 rings (SSSR count). The predicted molar refractivity (Wildman–Crippen MR) is 48.2 cm³/mol. The Balaban J connectivity index is 3.05. The zero-order valence-corrected chi connectivity index (χ0v) is 7.77. The van der Waals surface area contributed by atoms with Crippen molar-refractivity contribution in [3.8, 4) is 0 Å². The van der Waals surface area contributed by atoms with Crippen molar-refractivity contribution in [3.05, 3.63) is 0 Å². The summed E-state index contributed by atoms with van der Waals surface area (Å²) in [6.07, 6.45) is 1.98. The third-order valence-electron chi connectivity index (χ3n) is 0.747. The van der Waals surface area contributed by atoms with Crippen molar-refractivity contribution in [2.24, 2.45) is 0 Å². The molecule has 0 heterocycles. The molecule has 0 unspecified atom stereocenters. The zero-order chi connectivity index (χ0) is 7.82. The lowest BCUT2D eigenvalue weighted by Crippen LogP contribution is -2.34. The molecule has 0 fully saturated rings. The lowest BCUT2D eigenvalue weighted by atomic mass is 10.7. The minimum absolute atomic E-state index is 0.0935. The fourth-order valence-electron chi connectivity index (χ4n) is 0.377. The van der Waals surface area contributed by atoms with Crippen LogP contribution < -0.4 is 10.6 Å². The molecule has 0 radical (unpaired) electrons. The smallest absolute Gasteiger partial charge is 0.315 e. The highest BCUT2D eigenvalue weighted by Crippen LogP contribution is 2.13. The molecule has 0 spiro atoms. The number of urea groups is 1. The van der Waals surface area contributed by atoms with Crippen molar-refractivity contribution in [1.82, 2.24) is 10.6 Å². The maximum absolute atomic E-state index is 10.7. The van der Waals surface area contributed by atoms with Crippen molar-refractivity contribution in [1.29, 1.82) is 0 Å². The average Bonchev–Trinajstić information content (AvgIpc) is 1.89. The topological polar surface area (TPSA) is 41.1 Å². The summed E-state index contributed by atoms with van der Waals surface area (Å²) in [5.74, 6) is 0.660. The lowest BCUT2D eigenvalue weighted by Gasteiger charge is -2.02. The summed E-state index contributed by atoms with van der Waals surface area (Å²) in [6, 6.07) is -0.0935. The molecular formula is C5H12N2OS2. The van der Waals surface area contributed by atoms with Gasteiger partial charge in [0.05, 0.1) is 5.88 Å². The normalized spacial score (nSPS) is 9.00. The van der Waals surface area contributed by atoms with E-state index in [9.17, 15) is 4.79 Å². The van der Waals surface area contributed by atoms with Gasteiger partial charge in [0.25, 0.3) is 0 Å². The second-order valence-electron chi connectivity index (χ2n) is 1.47. The fraction of sp³-hybridized carbons (Fsp3) is 0.800. The molecule has 5 heteroatoms. The van der Waals surface area contributed by atoms with Crippen LogP contribution in [-0.2, 0) is 0 Å². The molecule has 60 valence electrons. The van der Waals surface area contributed by atoms with Crippen molar-refractivity contribution in [2.75, 3.05) is 18.7 Å². The van der Waals surface area contributed by atoms with Gasteiger partial charge in [0.2, 0.25) is 0 Å². The summed E-state index contributed by atoms with van der Waals surface area (Å²) in [6.45, 7) is 2.57. The monoisotopic (exact) mass is 180 g/mol. The van der Waals surface area contributed by atoms with E-state index in [0.29, 0.717) is 12.4 Å². The molecule has 0 atom stereocenters. The SMILES string of the molecule is CCNC(=O)NCSSC. The van der Waals surface area contributed by atoms with E-state index in [1.807, 2.05) is 13.2 Å². The summed E-state index contributed by atoms with van der Waals surface area (Å²) in [5, 5.41) is 5.31. The number of carbonyl (C=O) groups is 1. The quantitative estimate of drug-likeness (QED) is 0.389. The molecular weight excluding hydrogens is 168 g/mol. The second-order valence-corrected chi connectivity index (χ2v) is 4.03. The van der Waals surface area contributed by atoms with Crippen LogP contribution in [0, 0.1) is 0 Å². The summed E-state index contributed by atoms with van der Waals surface area (Å²) in [5.41, 5.74) is 0. The van der Waals surface area contributed by atoms with E-state index in [4.69, 9.17) is 0 Å². The molecule has 0 aromatic rings. The minimum Gasteiger partial charge on any atom is -0.338 e. The molecule has 0 saturated carbocycles. The van der Waals surface area contributed by atoms with Crippen LogP contribution in [0.5, 0.6) is 0 Å². The highest BCUT2D eigenvalue weighted by atomic mass is 33.1. The van der Waals surface area contributed by atoms with E-state index in [0.717, 1.165) is 0 Å². The first-order chi connectivity index (χ1) is 4.81. The summed E-state index contributed by atoms with van der Waals surface area (Å²) < 4.78 is 0. The Morgan fingerprint density at radius 3 is 2.70 bits per heavy atom. The van der Waals surface area contributed by atoms with Crippen LogP contribution in [-0.4, -0.2) is 24.7 Å². The predicted octanol–water partition coefficient (Wildman–Crippen LogP) is 1.27. The van der Waals surface area contributed by atoms with Gasteiger partial charge in [-0.25, -0.2) is 4.79 Å². The Morgan fingerprint density at radius 1 is 1.50 bits per heavy atom. The number of nitrogens with one attached hydrogen (secondary N) is 2. The van der Waals surface area contributed by atoms with Crippen molar-refractivity contribution in [2.45, 2.75) is 6.92 Å². The Hall–Kier alpha value is -0.0300. The third-order valence-corrected chi connectivity index (χ3v) is 2.31. The largest absolute Gasteiger partial charge is 0.338 e. The molecule has 0 aromatic heterocycles.